The summed E-state index contributed by atoms with van der Waals surface area (Å²) >= 11 is 4.32. The molecule has 24 heavy (non-hydrogen) atoms. The standard InChI is InChI=1S/C22H26S2/c1-14(2)16-6-8-18-19-9-7-17(15(3)4)13-21(19)22(20(18)12-16)23-10-5-11-24-22/h6-9,12-15H,5,10-11H2,1-4H3. The summed E-state index contributed by atoms with van der Waals surface area (Å²) < 4.78 is 0.124. The zero-order valence-electron chi connectivity index (χ0n) is 15.1. The van der Waals surface area contributed by atoms with Crippen molar-refractivity contribution in [1.29, 1.82) is 0 Å². The van der Waals surface area contributed by atoms with Gasteiger partial charge in [-0.25, -0.2) is 0 Å². The van der Waals surface area contributed by atoms with Crippen LogP contribution in [0.15, 0.2) is 36.4 Å². The lowest BCUT2D eigenvalue weighted by molar-refractivity contribution is 0.859. The Morgan fingerprint density at radius 1 is 0.750 bits per heavy atom. The molecule has 0 saturated carbocycles. The maximum absolute atomic E-state index is 2.50. The summed E-state index contributed by atoms with van der Waals surface area (Å²) in [5.41, 5.74) is 8.98. The van der Waals surface area contributed by atoms with Crippen LogP contribution in [0.2, 0.25) is 0 Å². The van der Waals surface area contributed by atoms with Crippen molar-refractivity contribution in [2.45, 2.75) is 50.0 Å². The molecule has 2 aliphatic rings. The Morgan fingerprint density at radius 2 is 1.21 bits per heavy atom. The van der Waals surface area contributed by atoms with Gasteiger partial charge in [-0.3, -0.25) is 0 Å². The normalized spacial score (nSPS) is 18.2. The molecule has 2 aromatic carbocycles. The molecule has 1 aliphatic carbocycles. The number of benzene rings is 2. The van der Waals surface area contributed by atoms with E-state index < -0.39 is 0 Å². The van der Waals surface area contributed by atoms with Crippen LogP contribution in [-0.4, -0.2) is 11.5 Å². The third-order valence-corrected chi connectivity index (χ3v) is 8.70. The van der Waals surface area contributed by atoms with E-state index in [0.29, 0.717) is 11.8 Å². The molecule has 0 atom stereocenters. The number of hydrogen-bond donors (Lipinski definition) is 0. The lowest BCUT2D eigenvalue weighted by Gasteiger charge is -2.35. The Hall–Kier alpha value is -0.860. The SMILES string of the molecule is CC(C)c1ccc2c(c1)C1(SCCCS1)c1cc(C(C)C)ccc1-2. The molecule has 4 rings (SSSR count). The third-order valence-electron chi connectivity index (χ3n) is 5.32. The van der Waals surface area contributed by atoms with E-state index in [2.05, 4.69) is 87.6 Å². The summed E-state index contributed by atoms with van der Waals surface area (Å²) in [7, 11) is 0. The second-order valence-electron chi connectivity index (χ2n) is 7.59. The predicted octanol–water partition coefficient (Wildman–Crippen LogP) is 6.99. The molecular formula is C22H26S2. The molecule has 0 nitrogen and oxygen atoms in total. The first-order valence-corrected chi connectivity index (χ1v) is 11.1. The van der Waals surface area contributed by atoms with Gasteiger partial charge in [-0.15, -0.1) is 23.5 Å². The highest BCUT2D eigenvalue weighted by Gasteiger charge is 2.45. The van der Waals surface area contributed by atoms with E-state index in [0.717, 1.165) is 0 Å². The number of thioether (sulfide) groups is 2. The van der Waals surface area contributed by atoms with Crippen molar-refractivity contribution < 1.29 is 0 Å². The van der Waals surface area contributed by atoms with E-state index in [-0.39, 0.29) is 4.08 Å². The summed E-state index contributed by atoms with van der Waals surface area (Å²) in [4.78, 5) is 0. The molecule has 2 heteroatoms. The smallest absolute Gasteiger partial charge is 0.112 e. The van der Waals surface area contributed by atoms with E-state index in [1.165, 1.54) is 40.2 Å². The molecule has 0 aromatic heterocycles. The van der Waals surface area contributed by atoms with Crippen molar-refractivity contribution in [3.05, 3.63) is 58.7 Å². The van der Waals surface area contributed by atoms with Crippen LogP contribution in [0, 0.1) is 0 Å². The van der Waals surface area contributed by atoms with Crippen molar-refractivity contribution in [3.63, 3.8) is 0 Å². The van der Waals surface area contributed by atoms with Crippen LogP contribution in [0.25, 0.3) is 11.1 Å². The first kappa shape index (κ1) is 16.6. The highest BCUT2D eigenvalue weighted by Crippen LogP contribution is 2.63. The third kappa shape index (κ3) is 2.45. The molecule has 0 bridgehead atoms. The molecule has 1 aliphatic heterocycles. The first-order valence-electron chi connectivity index (χ1n) is 9.10. The summed E-state index contributed by atoms with van der Waals surface area (Å²) in [5, 5.41) is 0. The van der Waals surface area contributed by atoms with Gasteiger partial charge in [0, 0.05) is 0 Å². The zero-order valence-corrected chi connectivity index (χ0v) is 16.7. The van der Waals surface area contributed by atoms with Gasteiger partial charge in [0.1, 0.15) is 4.08 Å². The van der Waals surface area contributed by atoms with Gasteiger partial charge in [0.2, 0.25) is 0 Å². The number of hydrogen-bond acceptors (Lipinski definition) is 2. The van der Waals surface area contributed by atoms with Crippen LogP contribution in [0.5, 0.6) is 0 Å². The highest BCUT2D eigenvalue weighted by molar-refractivity contribution is 8.18. The molecule has 0 unspecified atom stereocenters. The fourth-order valence-corrected chi connectivity index (χ4v) is 7.31. The fraction of sp³-hybridized carbons (Fsp3) is 0.455. The summed E-state index contributed by atoms with van der Waals surface area (Å²) in [6.45, 7) is 9.20. The van der Waals surface area contributed by atoms with Crippen molar-refractivity contribution in [2.75, 3.05) is 11.5 Å². The van der Waals surface area contributed by atoms with Gasteiger partial charge in [-0.1, -0.05) is 64.1 Å². The van der Waals surface area contributed by atoms with Crippen LogP contribution >= 0.6 is 23.5 Å². The minimum atomic E-state index is 0.124. The van der Waals surface area contributed by atoms with Crippen molar-refractivity contribution >= 4 is 23.5 Å². The summed E-state index contributed by atoms with van der Waals surface area (Å²) in [6, 6.07) is 14.4. The predicted molar refractivity (Wildman–Crippen MR) is 110 cm³/mol. The summed E-state index contributed by atoms with van der Waals surface area (Å²) in [6.07, 6.45) is 1.33. The fourth-order valence-electron chi connectivity index (χ4n) is 3.84. The molecular weight excluding hydrogens is 328 g/mol. The summed E-state index contributed by atoms with van der Waals surface area (Å²) in [5.74, 6) is 3.70. The average Bonchev–Trinajstić information content (AvgIpc) is 2.85. The van der Waals surface area contributed by atoms with Gasteiger partial charge in [-0.05, 0) is 63.1 Å². The molecule has 0 radical (unpaired) electrons. The molecule has 1 heterocycles. The van der Waals surface area contributed by atoms with Gasteiger partial charge in [0.25, 0.3) is 0 Å². The maximum Gasteiger partial charge on any atom is 0.112 e. The Labute approximate surface area is 154 Å². The van der Waals surface area contributed by atoms with Crippen molar-refractivity contribution in [2.24, 2.45) is 0 Å². The largest absolute Gasteiger partial charge is 0.135 e. The van der Waals surface area contributed by atoms with E-state index in [4.69, 9.17) is 0 Å². The van der Waals surface area contributed by atoms with Gasteiger partial charge < -0.3 is 0 Å². The topological polar surface area (TPSA) is 0 Å². The van der Waals surface area contributed by atoms with Crippen LogP contribution in [0.4, 0.5) is 0 Å². The minimum absolute atomic E-state index is 0.124. The monoisotopic (exact) mass is 354 g/mol. The lowest BCUT2D eigenvalue weighted by atomic mass is 9.96. The van der Waals surface area contributed by atoms with E-state index in [1.54, 1.807) is 11.1 Å². The van der Waals surface area contributed by atoms with Crippen LogP contribution < -0.4 is 0 Å². The average molecular weight is 355 g/mol. The molecule has 1 fully saturated rings. The Balaban J connectivity index is 1.95. The van der Waals surface area contributed by atoms with Crippen LogP contribution in [0.1, 0.15) is 68.2 Å². The molecule has 2 aromatic rings. The van der Waals surface area contributed by atoms with Crippen LogP contribution in [-0.2, 0) is 4.08 Å². The minimum Gasteiger partial charge on any atom is -0.135 e. The Morgan fingerprint density at radius 3 is 1.62 bits per heavy atom. The Bertz CT molecular complexity index is 708. The molecule has 0 amide bonds. The molecule has 1 saturated heterocycles. The van der Waals surface area contributed by atoms with Crippen molar-refractivity contribution in [3.8, 4) is 11.1 Å². The maximum atomic E-state index is 2.50. The van der Waals surface area contributed by atoms with E-state index in [1.807, 2.05) is 0 Å². The molecule has 126 valence electrons. The second-order valence-corrected chi connectivity index (χ2v) is 10.5. The van der Waals surface area contributed by atoms with E-state index in [9.17, 15) is 0 Å². The Kier molecular flexibility index (Phi) is 4.25. The zero-order chi connectivity index (χ0) is 16.9. The van der Waals surface area contributed by atoms with Gasteiger partial charge in [0.05, 0.1) is 0 Å². The first-order chi connectivity index (χ1) is 11.5. The van der Waals surface area contributed by atoms with Gasteiger partial charge in [-0.2, -0.15) is 0 Å². The number of rotatable bonds is 2. The highest BCUT2D eigenvalue weighted by atomic mass is 32.2. The van der Waals surface area contributed by atoms with Gasteiger partial charge >= 0.3 is 0 Å². The lowest BCUT2D eigenvalue weighted by Crippen LogP contribution is -2.22. The quantitative estimate of drug-likeness (QED) is 0.570. The molecule has 1 spiro atoms. The van der Waals surface area contributed by atoms with E-state index >= 15 is 0 Å². The van der Waals surface area contributed by atoms with Crippen molar-refractivity contribution in [1.82, 2.24) is 0 Å². The van der Waals surface area contributed by atoms with Gasteiger partial charge in [0.15, 0.2) is 0 Å². The van der Waals surface area contributed by atoms with Crippen LogP contribution in [0.3, 0.4) is 0 Å². The molecule has 0 N–H and O–H groups in total. The second kappa shape index (κ2) is 6.14. The number of fused-ring (bicyclic) bond motifs is 5.